The minimum Gasteiger partial charge on any atom is -0.396 e. The van der Waals surface area contributed by atoms with Crippen molar-refractivity contribution in [3.8, 4) is 0 Å². The van der Waals surface area contributed by atoms with Crippen molar-refractivity contribution in [3.63, 3.8) is 0 Å². The van der Waals surface area contributed by atoms with Crippen LogP contribution < -0.4 is 16.4 Å². The van der Waals surface area contributed by atoms with Crippen LogP contribution in [-0.4, -0.2) is 23.0 Å². The number of nitrogens with two attached hydrogens (primary N) is 1. The lowest BCUT2D eigenvalue weighted by atomic mass is 10.1. The van der Waals surface area contributed by atoms with Gasteiger partial charge in [-0.25, -0.2) is 0 Å². The topological polar surface area (TPSA) is 80.0 Å². The fourth-order valence-electron chi connectivity index (χ4n) is 2.01. The van der Waals surface area contributed by atoms with Gasteiger partial charge in [0.1, 0.15) is 0 Å². The third kappa shape index (κ3) is 4.07. The number of pyridine rings is 1. The molecular weight excluding hydrogens is 332 g/mol. The van der Waals surface area contributed by atoms with Gasteiger partial charge in [0, 0.05) is 15.4 Å². The molecule has 2 rings (SSSR count). The summed E-state index contributed by atoms with van der Waals surface area (Å²) < 4.78 is 0.935. The molecular formula is C15H19BrN4O. The van der Waals surface area contributed by atoms with E-state index in [1.807, 2.05) is 39.0 Å². The van der Waals surface area contributed by atoms with E-state index in [-0.39, 0.29) is 18.0 Å². The Bertz CT molecular complexity index is 674. The molecule has 0 aliphatic rings. The Kier molecular flexibility index (Phi) is 4.37. The molecule has 1 amide bonds. The van der Waals surface area contributed by atoms with Crippen LogP contribution in [0.25, 0.3) is 10.9 Å². The maximum atomic E-state index is 11.9. The monoisotopic (exact) mass is 350 g/mol. The van der Waals surface area contributed by atoms with Crippen LogP contribution in [0.5, 0.6) is 0 Å². The second-order valence-corrected chi connectivity index (χ2v) is 6.82. The molecule has 0 radical (unpaired) electrons. The van der Waals surface area contributed by atoms with Gasteiger partial charge in [-0.2, -0.15) is 0 Å². The van der Waals surface area contributed by atoms with Gasteiger partial charge in [-0.15, -0.1) is 0 Å². The van der Waals surface area contributed by atoms with Crippen molar-refractivity contribution in [2.75, 3.05) is 17.6 Å². The lowest BCUT2D eigenvalue weighted by Crippen LogP contribution is -2.43. The molecule has 0 aliphatic heterocycles. The van der Waals surface area contributed by atoms with Crippen LogP contribution in [0.15, 0.2) is 28.9 Å². The maximum Gasteiger partial charge on any atom is 0.239 e. The minimum atomic E-state index is -0.256. The quantitative estimate of drug-likeness (QED) is 0.794. The van der Waals surface area contributed by atoms with Crippen LogP contribution in [0.2, 0.25) is 0 Å². The van der Waals surface area contributed by atoms with Crippen molar-refractivity contribution >= 4 is 44.1 Å². The number of nitrogens with one attached hydrogen (secondary N) is 2. The van der Waals surface area contributed by atoms with E-state index < -0.39 is 0 Å². The van der Waals surface area contributed by atoms with Gasteiger partial charge in [-0.1, -0.05) is 15.9 Å². The number of fused-ring (bicyclic) bond motifs is 1. The first-order chi connectivity index (χ1) is 9.76. The summed E-state index contributed by atoms with van der Waals surface area (Å²) in [4.78, 5) is 16.2. The van der Waals surface area contributed by atoms with Crippen molar-refractivity contribution in [1.82, 2.24) is 10.3 Å². The highest BCUT2D eigenvalue weighted by atomic mass is 79.9. The third-order valence-electron chi connectivity index (χ3n) is 2.80. The molecule has 1 aromatic carbocycles. The Morgan fingerprint density at radius 1 is 1.38 bits per heavy atom. The number of nitrogens with zero attached hydrogens (tertiary/aromatic N) is 1. The van der Waals surface area contributed by atoms with E-state index in [1.54, 1.807) is 6.20 Å². The van der Waals surface area contributed by atoms with E-state index in [1.165, 1.54) is 0 Å². The minimum absolute atomic E-state index is 0.0816. The van der Waals surface area contributed by atoms with Crippen LogP contribution in [0.3, 0.4) is 0 Å². The molecule has 0 bridgehead atoms. The summed E-state index contributed by atoms with van der Waals surface area (Å²) in [5, 5.41) is 6.89. The van der Waals surface area contributed by atoms with E-state index in [4.69, 9.17) is 5.73 Å². The van der Waals surface area contributed by atoms with Gasteiger partial charge in [0.05, 0.1) is 29.6 Å². The normalized spacial score (nSPS) is 11.4. The Hall–Kier alpha value is -1.82. The SMILES string of the molecule is CC(C)(C)NC(=O)CNc1c(N)cnc2ccc(Br)cc12. The number of nitrogen functional groups attached to an aromatic ring is 1. The molecule has 0 atom stereocenters. The molecule has 0 aliphatic carbocycles. The predicted molar refractivity (Wildman–Crippen MR) is 90.2 cm³/mol. The summed E-state index contributed by atoms with van der Waals surface area (Å²) in [6, 6.07) is 5.75. The van der Waals surface area contributed by atoms with Gasteiger partial charge in [-0.05, 0) is 39.0 Å². The Morgan fingerprint density at radius 3 is 2.76 bits per heavy atom. The number of carbonyl (C=O) groups excluding carboxylic acids is 1. The number of hydrogen-bond donors (Lipinski definition) is 3. The number of halogens is 1. The highest BCUT2D eigenvalue weighted by molar-refractivity contribution is 9.10. The standard InChI is InChI=1S/C15H19BrN4O/c1-15(2,3)20-13(21)8-19-14-10-6-9(16)4-5-12(10)18-7-11(14)17/h4-7H,8,17H2,1-3H3,(H,18,19)(H,20,21). The second kappa shape index (κ2) is 5.89. The van der Waals surface area contributed by atoms with Crippen LogP contribution in [-0.2, 0) is 4.79 Å². The number of benzene rings is 1. The van der Waals surface area contributed by atoms with Gasteiger partial charge < -0.3 is 16.4 Å². The molecule has 0 saturated carbocycles. The first-order valence-corrected chi connectivity index (χ1v) is 7.44. The molecule has 6 heteroatoms. The van der Waals surface area contributed by atoms with Gasteiger partial charge in [-0.3, -0.25) is 9.78 Å². The predicted octanol–water partition coefficient (Wildman–Crippen LogP) is 2.91. The largest absolute Gasteiger partial charge is 0.396 e. The average Bonchev–Trinajstić information content (AvgIpc) is 2.35. The van der Waals surface area contributed by atoms with Crippen molar-refractivity contribution < 1.29 is 4.79 Å². The summed E-state index contributed by atoms with van der Waals surface area (Å²) in [6.45, 7) is 5.99. The molecule has 0 unspecified atom stereocenters. The summed E-state index contributed by atoms with van der Waals surface area (Å²) in [7, 11) is 0. The average molecular weight is 351 g/mol. The first-order valence-electron chi connectivity index (χ1n) is 6.65. The third-order valence-corrected chi connectivity index (χ3v) is 3.29. The summed E-state index contributed by atoms with van der Waals surface area (Å²) >= 11 is 3.44. The molecule has 4 N–H and O–H groups in total. The molecule has 0 fully saturated rings. The smallest absolute Gasteiger partial charge is 0.239 e. The van der Waals surface area contributed by atoms with E-state index in [9.17, 15) is 4.79 Å². The number of anilines is 2. The van der Waals surface area contributed by atoms with Crippen molar-refractivity contribution in [2.45, 2.75) is 26.3 Å². The molecule has 1 aromatic heterocycles. The molecule has 5 nitrogen and oxygen atoms in total. The fourth-order valence-corrected chi connectivity index (χ4v) is 2.37. The van der Waals surface area contributed by atoms with E-state index >= 15 is 0 Å². The van der Waals surface area contributed by atoms with Crippen molar-refractivity contribution in [2.24, 2.45) is 0 Å². The Morgan fingerprint density at radius 2 is 2.10 bits per heavy atom. The zero-order valence-corrected chi connectivity index (χ0v) is 13.9. The number of aromatic nitrogens is 1. The van der Waals surface area contributed by atoms with Crippen LogP contribution >= 0.6 is 15.9 Å². The number of carbonyl (C=O) groups is 1. The second-order valence-electron chi connectivity index (χ2n) is 5.90. The highest BCUT2D eigenvalue weighted by Gasteiger charge is 2.14. The van der Waals surface area contributed by atoms with Crippen molar-refractivity contribution in [1.29, 1.82) is 0 Å². The summed E-state index contributed by atoms with van der Waals surface area (Å²) in [6.07, 6.45) is 1.60. The summed E-state index contributed by atoms with van der Waals surface area (Å²) in [5.74, 6) is -0.0816. The lowest BCUT2D eigenvalue weighted by molar-refractivity contribution is -0.120. The fraction of sp³-hybridized carbons (Fsp3) is 0.333. The van der Waals surface area contributed by atoms with Gasteiger partial charge in [0.25, 0.3) is 0 Å². The molecule has 2 aromatic rings. The van der Waals surface area contributed by atoms with Crippen LogP contribution in [0.4, 0.5) is 11.4 Å². The lowest BCUT2D eigenvalue weighted by Gasteiger charge is -2.21. The number of hydrogen-bond acceptors (Lipinski definition) is 4. The van der Waals surface area contributed by atoms with Crippen LogP contribution in [0.1, 0.15) is 20.8 Å². The van der Waals surface area contributed by atoms with Crippen molar-refractivity contribution in [3.05, 3.63) is 28.9 Å². The maximum absolute atomic E-state index is 11.9. The molecule has 21 heavy (non-hydrogen) atoms. The first kappa shape index (κ1) is 15.6. The number of amides is 1. The zero-order chi connectivity index (χ0) is 15.6. The molecule has 0 spiro atoms. The molecule has 0 saturated heterocycles. The van der Waals surface area contributed by atoms with Gasteiger partial charge >= 0.3 is 0 Å². The van der Waals surface area contributed by atoms with E-state index in [0.717, 1.165) is 21.1 Å². The number of rotatable bonds is 3. The highest BCUT2D eigenvalue weighted by Crippen LogP contribution is 2.29. The molecule has 112 valence electrons. The molecule has 1 heterocycles. The Labute approximate surface area is 132 Å². The zero-order valence-electron chi connectivity index (χ0n) is 12.3. The Balaban J connectivity index is 2.24. The summed E-state index contributed by atoms with van der Waals surface area (Å²) in [5.41, 5.74) is 7.79. The van der Waals surface area contributed by atoms with E-state index in [0.29, 0.717) is 5.69 Å². The van der Waals surface area contributed by atoms with E-state index in [2.05, 4.69) is 31.5 Å². The van der Waals surface area contributed by atoms with Gasteiger partial charge in [0.2, 0.25) is 5.91 Å². The van der Waals surface area contributed by atoms with Crippen LogP contribution in [0, 0.1) is 0 Å². The van der Waals surface area contributed by atoms with Gasteiger partial charge in [0.15, 0.2) is 0 Å².